The molecular weight excluding hydrogens is 246 g/mol. The molecule has 0 amide bonds. The molecule has 0 atom stereocenters. The third kappa shape index (κ3) is 5.75. The van der Waals surface area contributed by atoms with Gasteiger partial charge in [0.2, 0.25) is 0 Å². The van der Waals surface area contributed by atoms with Gasteiger partial charge >= 0.3 is 0 Å². The Hall–Kier alpha value is -0.220. The summed E-state index contributed by atoms with van der Waals surface area (Å²) in [6.45, 7) is 0. The molecule has 0 aliphatic heterocycles. The zero-order chi connectivity index (χ0) is 11.8. The quantitative estimate of drug-likeness (QED) is 0.427. The Kier molecular flexibility index (Phi) is 6.88. The Balaban J connectivity index is 2.21. The minimum Gasteiger partial charge on any atom is -0.207 e. The number of thiol groups is 1. The molecule has 0 spiro atoms. The van der Waals surface area contributed by atoms with E-state index in [9.17, 15) is 8.78 Å². The second-order valence-corrected chi connectivity index (χ2v) is 5.21. The average molecular weight is 262 g/mol. The summed E-state index contributed by atoms with van der Waals surface area (Å²) in [6.07, 6.45) is 4.56. The number of hydrogen-bond donors (Lipinski definition) is 1. The van der Waals surface area contributed by atoms with Crippen LogP contribution in [0, 0.1) is 11.6 Å². The van der Waals surface area contributed by atoms with Gasteiger partial charge in [0.25, 0.3) is 0 Å². The van der Waals surface area contributed by atoms with Crippen LogP contribution in [-0.2, 0) is 0 Å². The van der Waals surface area contributed by atoms with Crippen LogP contribution in [0.4, 0.5) is 8.78 Å². The zero-order valence-corrected chi connectivity index (χ0v) is 10.8. The van der Waals surface area contributed by atoms with E-state index in [1.54, 1.807) is 0 Å². The maximum absolute atomic E-state index is 12.8. The third-order valence-electron chi connectivity index (χ3n) is 2.16. The van der Waals surface area contributed by atoms with E-state index in [4.69, 9.17) is 0 Å². The summed E-state index contributed by atoms with van der Waals surface area (Å²) in [5, 5.41) is 0. The van der Waals surface area contributed by atoms with Gasteiger partial charge < -0.3 is 0 Å². The van der Waals surface area contributed by atoms with Crippen molar-refractivity contribution in [2.45, 2.75) is 30.6 Å². The molecule has 0 saturated heterocycles. The fourth-order valence-electron chi connectivity index (χ4n) is 1.37. The van der Waals surface area contributed by atoms with E-state index < -0.39 is 11.6 Å². The lowest BCUT2D eigenvalue weighted by Gasteiger charge is -2.02. The summed E-state index contributed by atoms with van der Waals surface area (Å²) in [7, 11) is 0. The summed E-state index contributed by atoms with van der Waals surface area (Å²) in [4.78, 5) is 0.673. The van der Waals surface area contributed by atoms with Gasteiger partial charge in [-0.15, -0.1) is 11.8 Å². The van der Waals surface area contributed by atoms with Crippen molar-refractivity contribution in [2.75, 3.05) is 11.5 Å². The number of rotatable bonds is 7. The average Bonchev–Trinajstić information content (AvgIpc) is 2.22. The molecule has 16 heavy (non-hydrogen) atoms. The monoisotopic (exact) mass is 262 g/mol. The molecule has 0 fully saturated rings. The molecule has 0 aliphatic rings. The molecule has 1 aromatic rings. The third-order valence-corrected chi connectivity index (χ3v) is 3.54. The van der Waals surface area contributed by atoms with Gasteiger partial charge in [0, 0.05) is 11.0 Å². The number of unbranched alkanes of at least 4 members (excludes halogenated alkanes) is 3. The molecule has 0 saturated carbocycles. The molecule has 0 unspecified atom stereocenters. The molecule has 0 aromatic heterocycles. The SMILES string of the molecule is Fc1cc(F)cc(SCCCCCCS)c1. The molecule has 1 aromatic carbocycles. The summed E-state index contributed by atoms with van der Waals surface area (Å²) in [5.74, 6) is 0.840. The first-order chi connectivity index (χ1) is 7.72. The topological polar surface area (TPSA) is 0 Å². The molecule has 4 heteroatoms. The van der Waals surface area contributed by atoms with E-state index in [0.29, 0.717) is 4.90 Å². The first-order valence-electron chi connectivity index (χ1n) is 5.42. The van der Waals surface area contributed by atoms with Crippen molar-refractivity contribution in [1.82, 2.24) is 0 Å². The predicted molar refractivity (Wildman–Crippen MR) is 69.4 cm³/mol. The van der Waals surface area contributed by atoms with Gasteiger partial charge in [0.05, 0.1) is 0 Å². The highest BCUT2D eigenvalue weighted by molar-refractivity contribution is 7.99. The van der Waals surface area contributed by atoms with Crippen molar-refractivity contribution in [3.05, 3.63) is 29.8 Å². The summed E-state index contributed by atoms with van der Waals surface area (Å²) >= 11 is 5.64. The molecule has 0 radical (unpaired) electrons. The van der Waals surface area contributed by atoms with Crippen molar-refractivity contribution < 1.29 is 8.78 Å². The van der Waals surface area contributed by atoms with E-state index in [1.165, 1.54) is 30.3 Å². The smallest absolute Gasteiger partial charge is 0.127 e. The molecule has 1 rings (SSSR count). The predicted octanol–water partition coefficient (Wildman–Crippen LogP) is 4.55. The highest BCUT2D eigenvalue weighted by Crippen LogP contribution is 2.21. The number of hydrogen-bond acceptors (Lipinski definition) is 2. The van der Waals surface area contributed by atoms with E-state index in [0.717, 1.165) is 36.8 Å². The molecule has 0 heterocycles. The van der Waals surface area contributed by atoms with Crippen LogP contribution in [-0.4, -0.2) is 11.5 Å². The number of thioether (sulfide) groups is 1. The van der Waals surface area contributed by atoms with Gasteiger partial charge in [-0.05, 0) is 36.5 Å². The van der Waals surface area contributed by atoms with Crippen LogP contribution in [0.3, 0.4) is 0 Å². The molecular formula is C12H16F2S2. The Morgan fingerprint density at radius 3 is 2.19 bits per heavy atom. The largest absolute Gasteiger partial charge is 0.207 e. The first-order valence-corrected chi connectivity index (χ1v) is 7.04. The number of benzene rings is 1. The van der Waals surface area contributed by atoms with Crippen LogP contribution < -0.4 is 0 Å². The highest BCUT2D eigenvalue weighted by Gasteiger charge is 2.00. The maximum atomic E-state index is 12.8. The second-order valence-electron chi connectivity index (χ2n) is 3.59. The molecule has 0 nitrogen and oxygen atoms in total. The Labute approximate surface area is 105 Å². The molecule has 0 aliphatic carbocycles. The second kappa shape index (κ2) is 7.96. The highest BCUT2D eigenvalue weighted by atomic mass is 32.2. The molecule has 0 bridgehead atoms. The van der Waals surface area contributed by atoms with E-state index in [-0.39, 0.29) is 0 Å². The fourth-order valence-corrected chi connectivity index (χ4v) is 2.57. The van der Waals surface area contributed by atoms with E-state index in [2.05, 4.69) is 12.6 Å². The van der Waals surface area contributed by atoms with Gasteiger partial charge in [0.1, 0.15) is 11.6 Å². The van der Waals surface area contributed by atoms with E-state index >= 15 is 0 Å². The van der Waals surface area contributed by atoms with Crippen LogP contribution >= 0.6 is 24.4 Å². The number of halogens is 2. The van der Waals surface area contributed by atoms with Gasteiger partial charge in [0.15, 0.2) is 0 Å². The normalized spacial score (nSPS) is 10.7. The van der Waals surface area contributed by atoms with Crippen molar-refractivity contribution in [3.63, 3.8) is 0 Å². The maximum Gasteiger partial charge on any atom is 0.127 e. The lowest BCUT2D eigenvalue weighted by molar-refractivity contribution is 0.577. The standard InChI is InChI=1S/C12H16F2S2/c13-10-7-11(14)9-12(8-10)16-6-4-2-1-3-5-15/h7-9,15H,1-6H2. The van der Waals surface area contributed by atoms with Gasteiger partial charge in [-0.3, -0.25) is 0 Å². The summed E-state index contributed by atoms with van der Waals surface area (Å²) < 4.78 is 25.7. The van der Waals surface area contributed by atoms with Crippen LogP contribution in [0.1, 0.15) is 25.7 Å². The van der Waals surface area contributed by atoms with Gasteiger partial charge in [-0.25, -0.2) is 8.78 Å². The van der Waals surface area contributed by atoms with Crippen LogP contribution in [0.25, 0.3) is 0 Å². The fraction of sp³-hybridized carbons (Fsp3) is 0.500. The van der Waals surface area contributed by atoms with Crippen molar-refractivity contribution >= 4 is 24.4 Å². The Morgan fingerprint density at radius 2 is 1.56 bits per heavy atom. The summed E-state index contributed by atoms with van der Waals surface area (Å²) in [6, 6.07) is 3.65. The first kappa shape index (κ1) is 13.8. The van der Waals surface area contributed by atoms with Crippen LogP contribution in [0.5, 0.6) is 0 Å². The minimum absolute atomic E-state index is 0.502. The Bertz CT molecular complexity index is 296. The van der Waals surface area contributed by atoms with Crippen LogP contribution in [0.15, 0.2) is 23.1 Å². The van der Waals surface area contributed by atoms with Crippen molar-refractivity contribution in [1.29, 1.82) is 0 Å². The van der Waals surface area contributed by atoms with Crippen molar-refractivity contribution in [2.24, 2.45) is 0 Å². The minimum atomic E-state index is -0.502. The lowest BCUT2D eigenvalue weighted by Crippen LogP contribution is -1.85. The lowest BCUT2D eigenvalue weighted by atomic mass is 10.2. The summed E-state index contributed by atoms with van der Waals surface area (Å²) in [5.41, 5.74) is 0. The van der Waals surface area contributed by atoms with Gasteiger partial charge in [-0.2, -0.15) is 12.6 Å². The Morgan fingerprint density at radius 1 is 0.938 bits per heavy atom. The molecule has 90 valence electrons. The van der Waals surface area contributed by atoms with Gasteiger partial charge in [-0.1, -0.05) is 12.8 Å². The van der Waals surface area contributed by atoms with E-state index in [1.807, 2.05) is 0 Å². The molecule has 0 N–H and O–H groups in total. The zero-order valence-electron chi connectivity index (χ0n) is 9.09. The van der Waals surface area contributed by atoms with Crippen molar-refractivity contribution in [3.8, 4) is 0 Å². The van der Waals surface area contributed by atoms with Crippen LogP contribution in [0.2, 0.25) is 0 Å².